The molecular formula is C12H26O3Si. The minimum Gasteiger partial charge on any atom is -0.413 e. The van der Waals surface area contributed by atoms with Crippen LogP contribution in [0.3, 0.4) is 0 Å². The summed E-state index contributed by atoms with van der Waals surface area (Å²) in [4.78, 5) is 0. The van der Waals surface area contributed by atoms with E-state index in [1.807, 2.05) is 6.92 Å². The summed E-state index contributed by atoms with van der Waals surface area (Å²) in [6, 6.07) is 0. The summed E-state index contributed by atoms with van der Waals surface area (Å²) in [5.74, 6) is 0.0721. The van der Waals surface area contributed by atoms with Crippen LogP contribution in [0.5, 0.6) is 0 Å². The van der Waals surface area contributed by atoms with Crippen molar-refractivity contribution in [1.29, 1.82) is 0 Å². The highest BCUT2D eigenvalue weighted by atomic mass is 28.4. The Balaban J connectivity index is 2.66. The molecule has 16 heavy (non-hydrogen) atoms. The van der Waals surface area contributed by atoms with Crippen LogP contribution in [0.25, 0.3) is 0 Å². The second kappa shape index (κ2) is 4.76. The lowest BCUT2D eigenvalue weighted by atomic mass is 10.00. The van der Waals surface area contributed by atoms with E-state index in [-0.39, 0.29) is 17.1 Å². The van der Waals surface area contributed by atoms with Gasteiger partial charge in [-0.15, -0.1) is 0 Å². The smallest absolute Gasteiger partial charge is 0.192 e. The van der Waals surface area contributed by atoms with Crippen LogP contribution in [-0.2, 0) is 9.16 Å². The Bertz CT molecular complexity index is 235. The predicted octanol–water partition coefficient (Wildman–Crippen LogP) is 2.75. The van der Waals surface area contributed by atoms with E-state index in [1.165, 1.54) is 0 Å². The van der Waals surface area contributed by atoms with Gasteiger partial charge in [-0.25, -0.2) is 0 Å². The van der Waals surface area contributed by atoms with Gasteiger partial charge in [0.25, 0.3) is 0 Å². The molecule has 1 saturated heterocycles. The number of rotatable bonds is 2. The Hall–Kier alpha value is 0.0969. The fourth-order valence-electron chi connectivity index (χ4n) is 1.62. The first-order valence-corrected chi connectivity index (χ1v) is 9.03. The number of hydrogen-bond donors (Lipinski definition) is 1. The molecule has 1 unspecified atom stereocenters. The topological polar surface area (TPSA) is 38.7 Å². The van der Waals surface area contributed by atoms with Gasteiger partial charge in [-0.05, 0) is 24.6 Å². The zero-order chi connectivity index (χ0) is 12.6. The van der Waals surface area contributed by atoms with Crippen LogP contribution in [0, 0.1) is 5.92 Å². The lowest BCUT2D eigenvalue weighted by Crippen LogP contribution is -2.49. The predicted molar refractivity (Wildman–Crippen MR) is 67.8 cm³/mol. The Kier molecular flexibility index (Phi) is 4.22. The maximum absolute atomic E-state index is 9.66. The van der Waals surface area contributed by atoms with Crippen molar-refractivity contribution in [3.05, 3.63) is 0 Å². The molecule has 4 heteroatoms. The Morgan fingerprint density at radius 2 is 1.88 bits per heavy atom. The maximum Gasteiger partial charge on any atom is 0.192 e. The summed E-state index contributed by atoms with van der Waals surface area (Å²) in [5.41, 5.74) is 0. The minimum absolute atomic E-state index is 0.0721. The highest BCUT2D eigenvalue weighted by Crippen LogP contribution is 2.39. The standard InChI is InChI=1S/C12H26O3Si/c1-9-10(7-8-14-11(9)13)15-16(5,6)12(2,3)4/h9-11,13H,7-8H2,1-6H3/t9-,10+,11?/m1/s1. The van der Waals surface area contributed by atoms with Gasteiger partial charge in [0.15, 0.2) is 14.6 Å². The van der Waals surface area contributed by atoms with Crippen molar-refractivity contribution in [2.24, 2.45) is 5.92 Å². The van der Waals surface area contributed by atoms with Crippen molar-refractivity contribution >= 4 is 8.32 Å². The molecular weight excluding hydrogens is 220 g/mol. The van der Waals surface area contributed by atoms with E-state index in [2.05, 4.69) is 33.9 Å². The zero-order valence-electron chi connectivity index (χ0n) is 11.4. The number of hydrogen-bond acceptors (Lipinski definition) is 3. The fourth-order valence-corrected chi connectivity index (χ4v) is 3.07. The van der Waals surface area contributed by atoms with Crippen molar-refractivity contribution in [3.8, 4) is 0 Å². The molecule has 1 fully saturated rings. The number of aliphatic hydroxyl groups is 1. The first-order chi connectivity index (χ1) is 7.15. The third-order valence-corrected chi connectivity index (χ3v) is 8.48. The Labute approximate surface area is 100 Å². The molecule has 1 N–H and O–H groups in total. The zero-order valence-corrected chi connectivity index (χ0v) is 12.4. The second-order valence-corrected chi connectivity index (χ2v) is 11.1. The average molecular weight is 246 g/mol. The molecule has 0 radical (unpaired) electrons. The average Bonchev–Trinajstić information content (AvgIpc) is 2.11. The lowest BCUT2D eigenvalue weighted by molar-refractivity contribution is -0.184. The van der Waals surface area contributed by atoms with Crippen molar-refractivity contribution in [2.45, 2.75) is 64.6 Å². The molecule has 0 bridgehead atoms. The summed E-state index contributed by atoms with van der Waals surface area (Å²) < 4.78 is 11.5. The minimum atomic E-state index is -1.73. The van der Waals surface area contributed by atoms with E-state index in [4.69, 9.17) is 9.16 Å². The highest BCUT2D eigenvalue weighted by molar-refractivity contribution is 6.74. The molecule has 0 amide bonds. The van der Waals surface area contributed by atoms with Crippen molar-refractivity contribution < 1.29 is 14.3 Å². The molecule has 3 nitrogen and oxygen atoms in total. The molecule has 0 saturated carbocycles. The molecule has 0 aromatic carbocycles. The van der Waals surface area contributed by atoms with E-state index in [0.717, 1.165) is 6.42 Å². The van der Waals surface area contributed by atoms with Gasteiger partial charge in [0.1, 0.15) is 0 Å². The van der Waals surface area contributed by atoms with Crippen LogP contribution in [0.1, 0.15) is 34.1 Å². The van der Waals surface area contributed by atoms with Gasteiger partial charge in [-0.2, -0.15) is 0 Å². The monoisotopic (exact) mass is 246 g/mol. The van der Waals surface area contributed by atoms with Gasteiger partial charge in [-0.3, -0.25) is 0 Å². The van der Waals surface area contributed by atoms with Gasteiger partial charge in [0.05, 0.1) is 12.7 Å². The van der Waals surface area contributed by atoms with Crippen molar-refractivity contribution in [1.82, 2.24) is 0 Å². The van der Waals surface area contributed by atoms with Crippen LogP contribution >= 0.6 is 0 Å². The number of ether oxygens (including phenoxy) is 1. The third kappa shape index (κ3) is 3.06. The normalized spacial score (nSPS) is 32.8. The first-order valence-electron chi connectivity index (χ1n) is 6.12. The van der Waals surface area contributed by atoms with Gasteiger partial charge >= 0.3 is 0 Å². The molecule has 96 valence electrons. The Morgan fingerprint density at radius 1 is 1.31 bits per heavy atom. The van der Waals surface area contributed by atoms with Gasteiger partial charge < -0.3 is 14.3 Å². The molecule has 0 spiro atoms. The maximum atomic E-state index is 9.66. The molecule has 0 aliphatic carbocycles. The largest absolute Gasteiger partial charge is 0.413 e. The van der Waals surface area contributed by atoms with E-state index >= 15 is 0 Å². The molecule has 1 aliphatic heterocycles. The SMILES string of the molecule is C[C@H]1C(O)OCC[C@@H]1O[Si](C)(C)C(C)(C)C. The van der Waals surface area contributed by atoms with Crippen LogP contribution in [0.4, 0.5) is 0 Å². The van der Waals surface area contributed by atoms with Crippen LogP contribution in [0.15, 0.2) is 0 Å². The molecule has 0 aromatic heterocycles. The second-order valence-electron chi connectivity index (χ2n) is 6.33. The molecule has 1 aliphatic rings. The highest BCUT2D eigenvalue weighted by Gasteiger charge is 2.42. The van der Waals surface area contributed by atoms with Crippen molar-refractivity contribution in [3.63, 3.8) is 0 Å². The van der Waals surface area contributed by atoms with Gasteiger partial charge in [0, 0.05) is 5.92 Å². The van der Waals surface area contributed by atoms with Crippen molar-refractivity contribution in [2.75, 3.05) is 6.61 Å². The summed E-state index contributed by atoms with van der Waals surface area (Å²) in [6.07, 6.45) is 0.373. The number of aliphatic hydroxyl groups excluding tert-OH is 1. The Morgan fingerprint density at radius 3 is 2.38 bits per heavy atom. The molecule has 1 heterocycles. The molecule has 0 aromatic rings. The molecule has 1 rings (SSSR count). The summed E-state index contributed by atoms with van der Waals surface area (Å²) in [7, 11) is -1.73. The van der Waals surface area contributed by atoms with Gasteiger partial charge in [0.2, 0.25) is 0 Å². The molecule has 3 atom stereocenters. The summed E-state index contributed by atoms with van der Waals surface area (Å²) >= 11 is 0. The van der Waals surface area contributed by atoms with E-state index in [9.17, 15) is 5.11 Å². The van der Waals surface area contributed by atoms with Crippen LogP contribution in [-0.4, -0.2) is 32.4 Å². The quantitative estimate of drug-likeness (QED) is 0.761. The lowest BCUT2D eigenvalue weighted by Gasteiger charge is -2.43. The van der Waals surface area contributed by atoms with Crippen LogP contribution < -0.4 is 0 Å². The van der Waals surface area contributed by atoms with E-state index < -0.39 is 14.6 Å². The summed E-state index contributed by atoms with van der Waals surface area (Å²) in [5, 5.41) is 9.88. The van der Waals surface area contributed by atoms with E-state index in [0.29, 0.717) is 6.61 Å². The fraction of sp³-hybridized carbons (Fsp3) is 1.00. The summed E-state index contributed by atoms with van der Waals surface area (Å²) in [6.45, 7) is 13.8. The van der Waals surface area contributed by atoms with E-state index in [1.54, 1.807) is 0 Å². The van der Waals surface area contributed by atoms with Gasteiger partial charge in [-0.1, -0.05) is 27.7 Å². The first kappa shape index (κ1) is 14.2. The third-order valence-electron chi connectivity index (χ3n) is 3.98. The van der Waals surface area contributed by atoms with Crippen LogP contribution in [0.2, 0.25) is 18.1 Å².